The summed E-state index contributed by atoms with van der Waals surface area (Å²) < 4.78 is 1.33. The molecule has 0 unspecified atom stereocenters. The van der Waals surface area contributed by atoms with Crippen LogP contribution in [0.3, 0.4) is 0 Å². The third-order valence-electron chi connectivity index (χ3n) is 2.62. The summed E-state index contributed by atoms with van der Waals surface area (Å²) in [5.74, 6) is 0. The smallest absolute Gasteiger partial charge is 0.306 e. The summed E-state index contributed by atoms with van der Waals surface area (Å²) in [6, 6.07) is 7.42. The monoisotopic (exact) mass is 229 g/mol. The highest BCUT2D eigenvalue weighted by molar-refractivity contribution is 5.90. The quantitative estimate of drug-likeness (QED) is 0.817. The van der Waals surface area contributed by atoms with Gasteiger partial charge in [-0.2, -0.15) is 9.78 Å². The van der Waals surface area contributed by atoms with Crippen LogP contribution >= 0.6 is 0 Å². The van der Waals surface area contributed by atoms with E-state index < -0.39 is 0 Å². The topological polar surface area (TPSA) is 46.9 Å². The summed E-state index contributed by atoms with van der Waals surface area (Å²) in [5.41, 5.74) is 3.75. The second-order valence-corrected chi connectivity index (χ2v) is 4.14. The van der Waals surface area contributed by atoms with Crippen molar-refractivity contribution in [3.63, 3.8) is 0 Å². The Kier molecular flexibility index (Phi) is 2.95. The Morgan fingerprint density at radius 3 is 2.65 bits per heavy atom. The van der Waals surface area contributed by atoms with Crippen LogP contribution in [0.4, 0.5) is 10.5 Å². The molecule has 1 heterocycles. The lowest BCUT2D eigenvalue weighted by molar-refractivity contribution is 0.251. The van der Waals surface area contributed by atoms with Crippen LogP contribution in [-0.4, -0.2) is 15.8 Å². The van der Waals surface area contributed by atoms with Gasteiger partial charge in [0.15, 0.2) is 0 Å². The normalized spacial score (nSPS) is 10.3. The van der Waals surface area contributed by atoms with Crippen molar-refractivity contribution in [3.8, 4) is 0 Å². The first-order valence-corrected chi connectivity index (χ1v) is 5.47. The molecule has 0 aliphatic rings. The molecular weight excluding hydrogens is 214 g/mol. The van der Waals surface area contributed by atoms with E-state index in [0.717, 1.165) is 22.5 Å². The van der Waals surface area contributed by atoms with Gasteiger partial charge in [-0.25, -0.2) is 4.79 Å². The Balaban J connectivity index is 2.17. The number of benzene rings is 1. The van der Waals surface area contributed by atoms with Crippen molar-refractivity contribution in [3.05, 3.63) is 47.3 Å². The van der Waals surface area contributed by atoms with Crippen molar-refractivity contribution in [2.45, 2.75) is 20.8 Å². The number of carbonyl (C=O) groups excluding carboxylic acids is 1. The van der Waals surface area contributed by atoms with Crippen LogP contribution in [0, 0.1) is 20.8 Å². The summed E-state index contributed by atoms with van der Waals surface area (Å²) in [6.45, 7) is 5.79. The SMILES string of the molecule is Cc1cccc(NC(=O)n2cc(C)c(C)n2)c1. The minimum Gasteiger partial charge on any atom is -0.306 e. The molecule has 0 fully saturated rings. The van der Waals surface area contributed by atoms with Gasteiger partial charge in [0.25, 0.3) is 0 Å². The zero-order valence-corrected chi connectivity index (χ0v) is 10.2. The molecular formula is C13H15N3O. The lowest BCUT2D eigenvalue weighted by Gasteiger charge is -2.05. The molecule has 1 aromatic heterocycles. The second kappa shape index (κ2) is 4.41. The first-order valence-electron chi connectivity index (χ1n) is 5.47. The number of aromatic nitrogens is 2. The largest absolute Gasteiger partial charge is 0.346 e. The average Bonchev–Trinajstić information content (AvgIpc) is 2.59. The molecule has 0 spiro atoms. The van der Waals surface area contributed by atoms with E-state index in [1.54, 1.807) is 6.20 Å². The van der Waals surface area contributed by atoms with Gasteiger partial charge in [0.05, 0.1) is 5.69 Å². The number of nitrogens with zero attached hydrogens (tertiary/aromatic N) is 2. The number of nitrogens with one attached hydrogen (secondary N) is 1. The molecule has 2 aromatic rings. The van der Waals surface area contributed by atoms with Crippen LogP contribution in [0.25, 0.3) is 0 Å². The van der Waals surface area contributed by atoms with Gasteiger partial charge in [-0.05, 0) is 44.0 Å². The van der Waals surface area contributed by atoms with Gasteiger partial charge in [-0.3, -0.25) is 0 Å². The van der Waals surface area contributed by atoms with E-state index in [1.807, 2.05) is 45.0 Å². The Labute approximate surface area is 100 Å². The minimum absolute atomic E-state index is 0.244. The van der Waals surface area contributed by atoms with Gasteiger partial charge < -0.3 is 5.32 Å². The molecule has 4 heteroatoms. The lowest BCUT2D eigenvalue weighted by atomic mass is 10.2. The maximum Gasteiger partial charge on any atom is 0.346 e. The van der Waals surface area contributed by atoms with Gasteiger partial charge in [0.2, 0.25) is 0 Å². The van der Waals surface area contributed by atoms with Gasteiger partial charge in [-0.1, -0.05) is 12.1 Å². The van der Waals surface area contributed by atoms with Crippen molar-refractivity contribution >= 4 is 11.7 Å². The number of carbonyl (C=O) groups is 1. The average molecular weight is 229 g/mol. The van der Waals surface area contributed by atoms with Crippen molar-refractivity contribution in [1.82, 2.24) is 9.78 Å². The lowest BCUT2D eigenvalue weighted by Crippen LogP contribution is -2.19. The van der Waals surface area contributed by atoms with Crippen molar-refractivity contribution in [2.24, 2.45) is 0 Å². The summed E-state index contributed by atoms with van der Waals surface area (Å²) in [4.78, 5) is 11.9. The Morgan fingerprint density at radius 2 is 2.06 bits per heavy atom. The molecule has 2 rings (SSSR count). The molecule has 0 atom stereocenters. The number of amides is 1. The predicted octanol–water partition coefficient (Wildman–Crippen LogP) is 2.89. The summed E-state index contributed by atoms with van der Waals surface area (Å²) >= 11 is 0. The maximum atomic E-state index is 11.9. The third-order valence-corrected chi connectivity index (χ3v) is 2.62. The molecule has 0 aliphatic heterocycles. The Hall–Kier alpha value is -2.10. The standard InChI is InChI=1S/C13H15N3O/c1-9-5-4-6-12(7-9)14-13(17)16-8-10(2)11(3)15-16/h4-8H,1-3H3,(H,14,17). The van der Waals surface area contributed by atoms with Crippen LogP contribution in [0.1, 0.15) is 16.8 Å². The molecule has 0 aliphatic carbocycles. The predicted molar refractivity (Wildman–Crippen MR) is 67.3 cm³/mol. The van der Waals surface area contributed by atoms with Crippen LogP contribution in [0.2, 0.25) is 0 Å². The van der Waals surface area contributed by atoms with Crippen LogP contribution < -0.4 is 5.32 Å². The highest BCUT2D eigenvalue weighted by atomic mass is 16.2. The van der Waals surface area contributed by atoms with Gasteiger partial charge >= 0.3 is 6.03 Å². The minimum atomic E-state index is -0.244. The highest BCUT2D eigenvalue weighted by Gasteiger charge is 2.08. The molecule has 1 aromatic carbocycles. The van der Waals surface area contributed by atoms with E-state index in [2.05, 4.69) is 10.4 Å². The number of hydrogen-bond acceptors (Lipinski definition) is 2. The fraction of sp³-hybridized carbons (Fsp3) is 0.231. The molecule has 1 amide bonds. The molecule has 4 nitrogen and oxygen atoms in total. The molecule has 1 N–H and O–H groups in total. The number of rotatable bonds is 1. The first-order chi connectivity index (χ1) is 8.06. The summed E-state index contributed by atoms with van der Waals surface area (Å²) in [5, 5.41) is 6.93. The van der Waals surface area contributed by atoms with Crippen LogP contribution in [0.15, 0.2) is 30.5 Å². The van der Waals surface area contributed by atoms with Crippen molar-refractivity contribution in [1.29, 1.82) is 0 Å². The zero-order chi connectivity index (χ0) is 12.4. The van der Waals surface area contributed by atoms with Crippen LogP contribution in [0.5, 0.6) is 0 Å². The number of aryl methyl sites for hydroxylation is 3. The van der Waals surface area contributed by atoms with Crippen molar-refractivity contribution in [2.75, 3.05) is 5.32 Å². The maximum absolute atomic E-state index is 11.9. The summed E-state index contributed by atoms with van der Waals surface area (Å²) in [6.07, 6.45) is 1.72. The molecule has 0 bridgehead atoms. The van der Waals surface area contributed by atoms with E-state index in [1.165, 1.54) is 4.68 Å². The molecule has 0 saturated heterocycles. The van der Waals surface area contributed by atoms with E-state index in [-0.39, 0.29) is 6.03 Å². The fourth-order valence-electron chi connectivity index (χ4n) is 1.55. The van der Waals surface area contributed by atoms with E-state index in [9.17, 15) is 4.79 Å². The highest BCUT2D eigenvalue weighted by Crippen LogP contribution is 2.10. The van der Waals surface area contributed by atoms with E-state index in [4.69, 9.17) is 0 Å². The number of hydrogen-bond donors (Lipinski definition) is 1. The Bertz CT molecular complexity index is 538. The second-order valence-electron chi connectivity index (χ2n) is 4.14. The molecule has 88 valence electrons. The van der Waals surface area contributed by atoms with Gasteiger partial charge in [-0.15, -0.1) is 0 Å². The number of anilines is 1. The summed E-state index contributed by atoms with van der Waals surface area (Å²) in [7, 11) is 0. The van der Waals surface area contributed by atoms with E-state index in [0.29, 0.717) is 0 Å². The molecule has 17 heavy (non-hydrogen) atoms. The van der Waals surface area contributed by atoms with Gasteiger partial charge in [0, 0.05) is 11.9 Å². The van der Waals surface area contributed by atoms with Gasteiger partial charge in [0.1, 0.15) is 0 Å². The van der Waals surface area contributed by atoms with Crippen molar-refractivity contribution < 1.29 is 4.79 Å². The molecule has 0 saturated carbocycles. The Morgan fingerprint density at radius 1 is 1.29 bits per heavy atom. The molecule has 0 radical (unpaired) electrons. The van der Waals surface area contributed by atoms with Crippen LogP contribution in [-0.2, 0) is 0 Å². The fourth-order valence-corrected chi connectivity index (χ4v) is 1.55. The van der Waals surface area contributed by atoms with E-state index >= 15 is 0 Å². The first kappa shape index (κ1) is 11.4. The third kappa shape index (κ3) is 2.53. The zero-order valence-electron chi connectivity index (χ0n) is 10.2.